The second-order valence-electron chi connectivity index (χ2n) is 3.31. The van der Waals surface area contributed by atoms with Gasteiger partial charge in [0.15, 0.2) is 5.78 Å². The molecule has 1 nitrogen and oxygen atoms in total. The molecule has 1 heterocycles. The average Bonchev–Trinajstić information content (AvgIpc) is 2.81. The van der Waals surface area contributed by atoms with Gasteiger partial charge in [0.2, 0.25) is 0 Å². The van der Waals surface area contributed by atoms with Gasteiger partial charge >= 0.3 is 0 Å². The predicted molar refractivity (Wildman–Crippen MR) is 64.0 cm³/mol. The van der Waals surface area contributed by atoms with Crippen LogP contribution in [0.1, 0.15) is 15.2 Å². The molecular weight excluding hydrogens is 242 g/mol. The number of allylic oxidation sites excluding steroid dienone is 1. The van der Waals surface area contributed by atoms with E-state index in [9.17, 15) is 13.6 Å². The van der Waals surface area contributed by atoms with E-state index < -0.39 is 11.6 Å². The maximum Gasteiger partial charge on any atom is 0.195 e. The van der Waals surface area contributed by atoms with Crippen molar-refractivity contribution >= 4 is 23.2 Å². The van der Waals surface area contributed by atoms with Crippen LogP contribution >= 0.6 is 11.3 Å². The van der Waals surface area contributed by atoms with E-state index in [1.807, 2.05) is 0 Å². The van der Waals surface area contributed by atoms with Crippen molar-refractivity contribution in [2.24, 2.45) is 0 Å². The minimum absolute atomic E-state index is 0.197. The summed E-state index contributed by atoms with van der Waals surface area (Å²) in [6.45, 7) is 0. The van der Waals surface area contributed by atoms with Crippen LogP contribution in [-0.2, 0) is 0 Å². The van der Waals surface area contributed by atoms with Crippen LogP contribution in [0.15, 0.2) is 41.8 Å². The lowest BCUT2D eigenvalue weighted by Gasteiger charge is -1.97. The van der Waals surface area contributed by atoms with Crippen molar-refractivity contribution in [2.75, 3.05) is 0 Å². The number of hydrogen-bond acceptors (Lipinski definition) is 2. The molecule has 0 aliphatic rings. The molecule has 0 saturated carbocycles. The second-order valence-corrected chi connectivity index (χ2v) is 4.26. The number of halogens is 2. The van der Waals surface area contributed by atoms with Gasteiger partial charge in [0.05, 0.1) is 4.88 Å². The molecular formula is C13H8F2OS. The zero-order valence-electron chi connectivity index (χ0n) is 8.69. The summed E-state index contributed by atoms with van der Waals surface area (Å²) in [4.78, 5) is 12.1. The number of carbonyl (C=O) groups excluding carboxylic acids is 1. The molecule has 0 amide bonds. The minimum Gasteiger partial charge on any atom is -0.288 e. The summed E-state index contributed by atoms with van der Waals surface area (Å²) in [7, 11) is 0. The van der Waals surface area contributed by atoms with Crippen LogP contribution in [0.2, 0.25) is 0 Å². The van der Waals surface area contributed by atoms with Crippen LogP contribution in [0.3, 0.4) is 0 Å². The van der Waals surface area contributed by atoms with Crippen molar-refractivity contribution in [3.63, 3.8) is 0 Å². The zero-order chi connectivity index (χ0) is 12.3. The SMILES string of the molecule is O=C(/C=C/c1c(F)cccc1F)c1cccs1. The van der Waals surface area contributed by atoms with E-state index in [2.05, 4.69) is 0 Å². The Balaban J connectivity index is 2.24. The summed E-state index contributed by atoms with van der Waals surface area (Å²) in [5, 5.41) is 1.77. The Bertz CT molecular complexity index is 539. The molecule has 0 spiro atoms. The Kier molecular flexibility index (Phi) is 3.44. The Morgan fingerprint density at radius 1 is 1.12 bits per heavy atom. The van der Waals surface area contributed by atoms with Crippen molar-refractivity contribution in [3.8, 4) is 0 Å². The van der Waals surface area contributed by atoms with Crippen LogP contribution in [0.5, 0.6) is 0 Å². The first-order valence-electron chi connectivity index (χ1n) is 4.88. The van der Waals surface area contributed by atoms with Crippen LogP contribution in [-0.4, -0.2) is 5.78 Å². The molecule has 1 aromatic heterocycles. The van der Waals surface area contributed by atoms with Crippen LogP contribution < -0.4 is 0 Å². The van der Waals surface area contributed by atoms with Gasteiger partial charge < -0.3 is 0 Å². The van der Waals surface area contributed by atoms with Gasteiger partial charge in [-0.05, 0) is 35.7 Å². The van der Waals surface area contributed by atoms with E-state index in [0.29, 0.717) is 4.88 Å². The smallest absolute Gasteiger partial charge is 0.195 e. The summed E-state index contributed by atoms with van der Waals surface area (Å²) < 4.78 is 26.5. The minimum atomic E-state index is -0.680. The summed E-state index contributed by atoms with van der Waals surface area (Å²) >= 11 is 1.29. The molecule has 0 unspecified atom stereocenters. The summed E-state index contributed by atoms with van der Waals surface area (Å²) in [5.41, 5.74) is -0.197. The fourth-order valence-electron chi connectivity index (χ4n) is 1.33. The fraction of sp³-hybridized carbons (Fsp3) is 0. The molecule has 0 saturated heterocycles. The molecule has 2 aromatic rings. The van der Waals surface area contributed by atoms with Gasteiger partial charge in [0.25, 0.3) is 0 Å². The third-order valence-electron chi connectivity index (χ3n) is 2.17. The highest BCUT2D eigenvalue weighted by Crippen LogP contribution is 2.15. The van der Waals surface area contributed by atoms with Crippen LogP contribution in [0.4, 0.5) is 8.78 Å². The number of rotatable bonds is 3. The van der Waals surface area contributed by atoms with Crippen LogP contribution in [0, 0.1) is 11.6 Å². The Labute approximate surface area is 101 Å². The monoisotopic (exact) mass is 250 g/mol. The predicted octanol–water partition coefficient (Wildman–Crippen LogP) is 3.92. The van der Waals surface area contributed by atoms with E-state index >= 15 is 0 Å². The summed E-state index contributed by atoms with van der Waals surface area (Å²) in [6, 6.07) is 6.99. The van der Waals surface area contributed by atoms with Crippen molar-refractivity contribution in [3.05, 3.63) is 63.9 Å². The molecule has 1 aromatic carbocycles. The lowest BCUT2D eigenvalue weighted by molar-refractivity contribution is 0.105. The van der Waals surface area contributed by atoms with Crippen LogP contribution in [0.25, 0.3) is 6.08 Å². The molecule has 2 rings (SSSR count). The van der Waals surface area contributed by atoms with E-state index in [1.165, 1.54) is 23.5 Å². The topological polar surface area (TPSA) is 17.1 Å². The standard InChI is InChI=1S/C13H8F2OS/c14-10-3-1-4-11(15)9(10)6-7-12(16)13-5-2-8-17-13/h1-8H/b7-6+. The quantitative estimate of drug-likeness (QED) is 0.596. The Hall–Kier alpha value is -1.81. The maximum atomic E-state index is 13.2. The Morgan fingerprint density at radius 2 is 1.82 bits per heavy atom. The van der Waals surface area contributed by atoms with Gasteiger partial charge in [-0.3, -0.25) is 4.79 Å². The van der Waals surface area contributed by atoms with E-state index in [0.717, 1.165) is 18.2 Å². The number of hydrogen-bond donors (Lipinski definition) is 0. The lowest BCUT2D eigenvalue weighted by atomic mass is 10.1. The van der Waals surface area contributed by atoms with Crippen molar-refractivity contribution < 1.29 is 13.6 Å². The molecule has 0 N–H and O–H groups in total. The number of benzene rings is 1. The largest absolute Gasteiger partial charge is 0.288 e. The molecule has 86 valence electrons. The van der Waals surface area contributed by atoms with Crippen molar-refractivity contribution in [1.29, 1.82) is 0 Å². The van der Waals surface area contributed by atoms with Gasteiger partial charge in [0, 0.05) is 5.56 Å². The molecule has 0 bridgehead atoms. The first-order valence-corrected chi connectivity index (χ1v) is 5.76. The van der Waals surface area contributed by atoms with E-state index in [4.69, 9.17) is 0 Å². The van der Waals surface area contributed by atoms with Gasteiger partial charge in [-0.25, -0.2) is 8.78 Å². The average molecular weight is 250 g/mol. The first kappa shape index (κ1) is 11.7. The van der Waals surface area contributed by atoms with Gasteiger partial charge in [-0.15, -0.1) is 11.3 Å². The zero-order valence-corrected chi connectivity index (χ0v) is 9.51. The number of carbonyl (C=O) groups is 1. The third kappa shape index (κ3) is 2.65. The van der Waals surface area contributed by atoms with E-state index in [1.54, 1.807) is 17.5 Å². The second kappa shape index (κ2) is 5.01. The molecule has 0 radical (unpaired) electrons. The van der Waals surface area contributed by atoms with Crippen molar-refractivity contribution in [1.82, 2.24) is 0 Å². The third-order valence-corrected chi connectivity index (χ3v) is 3.05. The number of ketones is 1. The molecule has 17 heavy (non-hydrogen) atoms. The number of thiophene rings is 1. The highest BCUT2D eigenvalue weighted by molar-refractivity contribution is 7.12. The van der Waals surface area contributed by atoms with Crippen molar-refractivity contribution in [2.45, 2.75) is 0 Å². The highest BCUT2D eigenvalue weighted by atomic mass is 32.1. The maximum absolute atomic E-state index is 13.2. The first-order chi connectivity index (χ1) is 8.18. The van der Waals surface area contributed by atoms with Gasteiger partial charge in [-0.1, -0.05) is 12.1 Å². The lowest BCUT2D eigenvalue weighted by Crippen LogP contribution is -1.91. The molecule has 0 atom stereocenters. The van der Waals surface area contributed by atoms with E-state index in [-0.39, 0.29) is 11.3 Å². The highest BCUT2D eigenvalue weighted by Gasteiger charge is 2.06. The molecule has 0 aliphatic heterocycles. The van der Waals surface area contributed by atoms with Gasteiger partial charge in [0.1, 0.15) is 11.6 Å². The summed E-state index contributed by atoms with van der Waals surface area (Å²) in [5.74, 6) is -1.62. The molecule has 4 heteroatoms. The Morgan fingerprint density at radius 3 is 2.41 bits per heavy atom. The normalized spacial score (nSPS) is 10.9. The molecule has 0 aliphatic carbocycles. The molecule has 0 fully saturated rings. The fourth-order valence-corrected chi connectivity index (χ4v) is 1.97. The van der Waals surface area contributed by atoms with Gasteiger partial charge in [-0.2, -0.15) is 0 Å². The summed E-state index contributed by atoms with van der Waals surface area (Å²) in [6.07, 6.45) is 2.33.